The van der Waals surface area contributed by atoms with Gasteiger partial charge in [-0.15, -0.1) is 11.8 Å². The summed E-state index contributed by atoms with van der Waals surface area (Å²) in [4.78, 5) is 19.6. The molecule has 1 aromatic heterocycles. The number of halogens is 1. The summed E-state index contributed by atoms with van der Waals surface area (Å²) in [6.07, 6.45) is 0. The predicted octanol–water partition coefficient (Wildman–Crippen LogP) is 2.74. The molecular formula is C13H14ClN3OS. The Kier molecular flexibility index (Phi) is 4.63. The number of nitrogens with zero attached hydrogens (tertiary/aromatic N) is 1. The van der Waals surface area contributed by atoms with Crippen LogP contribution in [0.25, 0.3) is 0 Å². The van der Waals surface area contributed by atoms with Crippen LogP contribution in [0.1, 0.15) is 24.5 Å². The summed E-state index contributed by atoms with van der Waals surface area (Å²) in [6, 6.07) is 8.71. The van der Waals surface area contributed by atoms with E-state index in [1.807, 2.05) is 24.3 Å². The first kappa shape index (κ1) is 14.1. The van der Waals surface area contributed by atoms with Gasteiger partial charge in [-0.2, -0.15) is 0 Å². The molecule has 3 N–H and O–H groups in total. The van der Waals surface area contributed by atoms with Crippen molar-refractivity contribution in [3.63, 3.8) is 0 Å². The van der Waals surface area contributed by atoms with Gasteiger partial charge in [0.2, 0.25) is 0 Å². The number of aromatic amines is 1. The van der Waals surface area contributed by atoms with Gasteiger partial charge >= 0.3 is 0 Å². The molecule has 2 aromatic rings. The van der Waals surface area contributed by atoms with Gasteiger partial charge in [0.15, 0.2) is 0 Å². The molecule has 100 valence electrons. The first-order valence-corrected chi connectivity index (χ1v) is 7.15. The number of nitrogens with one attached hydrogen (secondary N) is 1. The summed E-state index contributed by atoms with van der Waals surface area (Å²) in [5, 5.41) is 0.704. The van der Waals surface area contributed by atoms with Crippen LogP contribution in [0.3, 0.4) is 0 Å². The van der Waals surface area contributed by atoms with Crippen LogP contribution >= 0.6 is 23.4 Å². The average Bonchev–Trinajstić information content (AvgIpc) is 2.37. The topological polar surface area (TPSA) is 71.8 Å². The summed E-state index contributed by atoms with van der Waals surface area (Å²) in [5.41, 5.74) is 6.17. The van der Waals surface area contributed by atoms with E-state index in [0.717, 1.165) is 4.90 Å². The Morgan fingerprint density at radius 2 is 2.11 bits per heavy atom. The zero-order valence-electron chi connectivity index (χ0n) is 10.4. The van der Waals surface area contributed by atoms with Crippen molar-refractivity contribution in [3.8, 4) is 0 Å². The van der Waals surface area contributed by atoms with Crippen LogP contribution < -0.4 is 11.3 Å². The van der Waals surface area contributed by atoms with Crippen LogP contribution in [0.15, 0.2) is 40.0 Å². The van der Waals surface area contributed by atoms with Crippen molar-refractivity contribution < 1.29 is 0 Å². The highest BCUT2D eigenvalue weighted by Gasteiger charge is 2.06. The standard InChI is InChI=1S/C13H14ClN3OS/c1-8(15)11-6-13(18)17-12(16-11)7-19-10-4-2-9(14)3-5-10/h2-6,8H,7,15H2,1H3,(H,16,17,18). The third-order valence-electron chi connectivity index (χ3n) is 2.47. The van der Waals surface area contributed by atoms with Gasteiger partial charge in [0.25, 0.3) is 5.56 Å². The van der Waals surface area contributed by atoms with E-state index in [9.17, 15) is 4.79 Å². The largest absolute Gasteiger partial charge is 0.323 e. The zero-order chi connectivity index (χ0) is 13.8. The summed E-state index contributed by atoms with van der Waals surface area (Å²) in [7, 11) is 0. The smallest absolute Gasteiger partial charge is 0.251 e. The Bertz CT molecular complexity index is 610. The second kappa shape index (κ2) is 6.23. The van der Waals surface area contributed by atoms with E-state index in [-0.39, 0.29) is 11.6 Å². The van der Waals surface area contributed by atoms with Crippen molar-refractivity contribution in [2.45, 2.75) is 23.6 Å². The number of H-pyrrole nitrogens is 1. The maximum absolute atomic E-state index is 11.5. The van der Waals surface area contributed by atoms with E-state index in [0.29, 0.717) is 22.3 Å². The Labute approximate surface area is 120 Å². The minimum atomic E-state index is -0.249. The molecule has 0 amide bonds. The molecule has 0 spiro atoms. The number of aromatic nitrogens is 2. The fourth-order valence-corrected chi connectivity index (χ4v) is 2.41. The van der Waals surface area contributed by atoms with Gasteiger partial charge in [0.1, 0.15) is 5.82 Å². The lowest BCUT2D eigenvalue weighted by Gasteiger charge is -2.06. The molecule has 0 saturated heterocycles. The fourth-order valence-electron chi connectivity index (χ4n) is 1.51. The van der Waals surface area contributed by atoms with Gasteiger partial charge in [-0.1, -0.05) is 11.6 Å². The molecule has 0 bridgehead atoms. The van der Waals surface area contributed by atoms with Crippen LogP contribution in [-0.4, -0.2) is 9.97 Å². The average molecular weight is 296 g/mol. The molecule has 0 radical (unpaired) electrons. The van der Waals surface area contributed by atoms with Gasteiger partial charge in [0.05, 0.1) is 11.4 Å². The molecule has 1 atom stereocenters. The van der Waals surface area contributed by atoms with Crippen LogP contribution in [0, 0.1) is 0 Å². The van der Waals surface area contributed by atoms with Crippen molar-refractivity contribution in [1.29, 1.82) is 0 Å². The summed E-state index contributed by atoms with van der Waals surface area (Å²) < 4.78 is 0. The molecule has 0 saturated carbocycles. The minimum Gasteiger partial charge on any atom is -0.323 e. The number of rotatable bonds is 4. The molecule has 2 rings (SSSR count). The molecule has 1 aromatic carbocycles. The van der Waals surface area contributed by atoms with Crippen molar-refractivity contribution in [1.82, 2.24) is 9.97 Å². The fraction of sp³-hybridized carbons (Fsp3) is 0.231. The van der Waals surface area contributed by atoms with Gasteiger partial charge in [-0.25, -0.2) is 4.98 Å². The second-order valence-corrected chi connectivity index (χ2v) is 5.63. The van der Waals surface area contributed by atoms with E-state index in [1.165, 1.54) is 6.07 Å². The summed E-state index contributed by atoms with van der Waals surface area (Å²) in [6.45, 7) is 1.80. The number of hydrogen-bond acceptors (Lipinski definition) is 4. The molecule has 0 aliphatic heterocycles. The SMILES string of the molecule is CC(N)c1cc(=O)[nH]c(CSc2ccc(Cl)cc2)n1. The molecule has 0 aliphatic rings. The van der Waals surface area contributed by atoms with Crippen LogP contribution in [-0.2, 0) is 5.75 Å². The predicted molar refractivity (Wildman–Crippen MR) is 78.5 cm³/mol. The highest BCUT2D eigenvalue weighted by Crippen LogP contribution is 2.22. The molecule has 4 nitrogen and oxygen atoms in total. The molecule has 0 aliphatic carbocycles. The minimum absolute atomic E-state index is 0.172. The normalized spacial score (nSPS) is 12.4. The van der Waals surface area contributed by atoms with Gasteiger partial charge in [-0.3, -0.25) is 4.79 Å². The lowest BCUT2D eigenvalue weighted by Crippen LogP contribution is -2.17. The van der Waals surface area contributed by atoms with E-state index in [4.69, 9.17) is 17.3 Å². The quantitative estimate of drug-likeness (QED) is 0.851. The van der Waals surface area contributed by atoms with Crippen molar-refractivity contribution in [3.05, 3.63) is 57.2 Å². The van der Waals surface area contributed by atoms with Gasteiger partial charge in [-0.05, 0) is 31.2 Å². The van der Waals surface area contributed by atoms with Crippen LogP contribution in [0.4, 0.5) is 0 Å². The molecule has 6 heteroatoms. The van der Waals surface area contributed by atoms with E-state index in [2.05, 4.69) is 9.97 Å². The maximum Gasteiger partial charge on any atom is 0.251 e. The summed E-state index contributed by atoms with van der Waals surface area (Å²) in [5.74, 6) is 1.21. The third kappa shape index (κ3) is 4.09. The number of benzene rings is 1. The number of nitrogens with two attached hydrogens (primary N) is 1. The Hall–Kier alpha value is -1.30. The third-order valence-corrected chi connectivity index (χ3v) is 3.74. The van der Waals surface area contributed by atoms with Crippen molar-refractivity contribution >= 4 is 23.4 Å². The first-order valence-electron chi connectivity index (χ1n) is 5.78. The first-order chi connectivity index (χ1) is 9.04. The monoisotopic (exact) mass is 295 g/mol. The zero-order valence-corrected chi connectivity index (χ0v) is 12.0. The maximum atomic E-state index is 11.5. The van der Waals surface area contributed by atoms with E-state index < -0.39 is 0 Å². The second-order valence-electron chi connectivity index (χ2n) is 4.15. The molecular weight excluding hydrogens is 282 g/mol. The van der Waals surface area contributed by atoms with E-state index >= 15 is 0 Å². The number of thioether (sulfide) groups is 1. The highest BCUT2D eigenvalue weighted by atomic mass is 35.5. The van der Waals surface area contributed by atoms with Crippen molar-refractivity contribution in [2.24, 2.45) is 5.73 Å². The van der Waals surface area contributed by atoms with Gasteiger partial charge in [0, 0.05) is 22.0 Å². The van der Waals surface area contributed by atoms with Gasteiger partial charge < -0.3 is 10.7 Å². The number of hydrogen-bond donors (Lipinski definition) is 2. The molecule has 19 heavy (non-hydrogen) atoms. The Morgan fingerprint density at radius 1 is 1.42 bits per heavy atom. The molecule has 1 heterocycles. The highest BCUT2D eigenvalue weighted by molar-refractivity contribution is 7.98. The molecule has 0 fully saturated rings. The van der Waals surface area contributed by atoms with Crippen molar-refractivity contribution in [2.75, 3.05) is 0 Å². The van der Waals surface area contributed by atoms with E-state index in [1.54, 1.807) is 18.7 Å². The Balaban J connectivity index is 2.11. The van der Waals surface area contributed by atoms with Crippen LogP contribution in [0.2, 0.25) is 5.02 Å². The summed E-state index contributed by atoms with van der Waals surface area (Å²) >= 11 is 7.40. The van der Waals surface area contributed by atoms with Crippen LogP contribution in [0.5, 0.6) is 0 Å². The lowest BCUT2D eigenvalue weighted by atomic mass is 10.2. The molecule has 1 unspecified atom stereocenters. The Morgan fingerprint density at radius 3 is 2.74 bits per heavy atom. The lowest BCUT2D eigenvalue weighted by molar-refractivity contribution is 0.759.